The average molecular weight is 390 g/mol. The van der Waals surface area contributed by atoms with Gasteiger partial charge in [0.05, 0.1) is 10.5 Å². The molecule has 1 amide bonds. The van der Waals surface area contributed by atoms with E-state index in [1.54, 1.807) is 0 Å². The fourth-order valence-electron chi connectivity index (χ4n) is 1.97. The minimum atomic E-state index is -4.57. The highest BCUT2D eigenvalue weighted by Gasteiger charge is 2.31. The lowest BCUT2D eigenvalue weighted by Crippen LogP contribution is -2.23. The highest BCUT2D eigenvalue weighted by molar-refractivity contribution is 7.92. The number of hydrogen-bond donors (Lipinski definition) is 1. The van der Waals surface area contributed by atoms with Crippen molar-refractivity contribution in [3.8, 4) is 0 Å². The van der Waals surface area contributed by atoms with E-state index < -0.39 is 33.2 Å². The van der Waals surface area contributed by atoms with Gasteiger partial charge in [0, 0.05) is 11.5 Å². The Hall–Kier alpha value is -2.36. The summed E-state index contributed by atoms with van der Waals surface area (Å²) in [6.45, 7) is 5.61. The van der Waals surface area contributed by atoms with Crippen LogP contribution in [0.1, 0.15) is 32.1 Å². The Morgan fingerprint density at radius 1 is 1.15 bits per heavy atom. The van der Waals surface area contributed by atoms with Crippen LogP contribution in [0, 0.1) is 0 Å². The van der Waals surface area contributed by atoms with Gasteiger partial charge in [-0.15, -0.1) is 0 Å². The summed E-state index contributed by atoms with van der Waals surface area (Å²) in [5.74, 6) is -1.25. The lowest BCUT2D eigenvalue weighted by atomic mass is 9.93. The van der Waals surface area contributed by atoms with Crippen molar-refractivity contribution in [2.45, 2.75) is 37.3 Å². The van der Waals surface area contributed by atoms with Crippen LogP contribution in [0.4, 0.5) is 19.0 Å². The largest absolute Gasteiger partial charge is 0.416 e. The standard InChI is InChI=1S/C16H17F3N2O4S/c1-15(2,3)12-8-13(21-25-12)20-14(22)9-26(23,24)11-6-4-10(5-7-11)16(17,18)19/h4-8H,9H2,1-3H3,(H,20,21,22). The minimum absolute atomic E-state index is 0.0579. The van der Waals surface area contributed by atoms with Crippen molar-refractivity contribution in [1.29, 1.82) is 0 Å². The van der Waals surface area contributed by atoms with Crippen LogP contribution >= 0.6 is 0 Å². The topological polar surface area (TPSA) is 89.3 Å². The predicted octanol–water partition coefficient (Wildman–Crippen LogP) is 3.40. The molecule has 1 aromatic carbocycles. The number of halogens is 3. The first kappa shape index (κ1) is 20.0. The SMILES string of the molecule is CC(C)(C)c1cc(NC(=O)CS(=O)(=O)c2ccc(C(F)(F)F)cc2)no1. The molecule has 1 N–H and O–H groups in total. The van der Waals surface area contributed by atoms with Gasteiger partial charge < -0.3 is 9.84 Å². The molecule has 26 heavy (non-hydrogen) atoms. The average Bonchev–Trinajstić information content (AvgIpc) is 2.94. The second kappa shape index (κ2) is 6.75. The van der Waals surface area contributed by atoms with E-state index in [2.05, 4.69) is 10.5 Å². The summed E-state index contributed by atoms with van der Waals surface area (Å²) in [5, 5.41) is 5.93. The third-order valence-electron chi connectivity index (χ3n) is 3.38. The zero-order valence-electron chi connectivity index (χ0n) is 14.2. The van der Waals surface area contributed by atoms with Gasteiger partial charge in [0.1, 0.15) is 11.5 Å². The maximum absolute atomic E-state index is 12.5. The van der Waals surface area contributed by atoms with E-state index in [0.29, 0.717) is 17.9 Å². The molecule has 10 heteroatoms. The number of sulfone groups is 1. The van der Waals surface area contributed by atoms with Crippen LogP contribution in [0.2, 0.25) is 0 Å². The molecule has 2 rings (SSSR count). The van der Waals surface area contributed by atoms with Gasteiger partial charge in [-0.25, -0.2) is 8.42 Å². The fraction of sp³-hybridized carbons (Fsp3) is 0.375. The van der Waals surface area contributed by atoms with Crippen molar-refractivity contribution < 1.29 is 30.9 Å². The number of carbonyl (C=O) groups is 1. The molecule has 0 spiro atoms. The number of aromatic nitrogens is 1. The normalized spacial score (nSPS) is 12.8. The van der Waals surface area contributed by atoms with Crippen LogP contribution in [0.5, 0.6) is 0 Å². The summed E-state index contributed by atoms with van der Waals surface area (Å²) in [6.07, 6.45) is -4.57. The van der Waals surface area contributed by atoms with Crippen LogP contribution in [-0.4, -0.2) is 25.2 Å². The van der Waals surface area contributed by atoms with E-state index >= 15 is 0 Å². The van der Waals surface area contributed by atoms with Gasteiger partial charge in [0.25, 0.3) is 0 Å². The van der Waals surface area contributed by atoms with Crippen molar-refractivity contribution in [3.05, 3.63) is 41.7 Å². The Morgan fingerprint density at radius 2 is 1.73 bits per heavy atom. The predicted molar refractivity (Wildman–Crippen MR) is 87.3 cm³/mol. The van der Waals surface area contributed by atoms with Gasteiger partial charge in [0.15, 0.2) is 15.7 Å². The van der Waals surface area contributed by atoms with Gasteiger partial charge in [-0.05, 0) is 24.3 Å². The number of nitrogens with one attached hydrogen (secondary N) is 1. The maximum Gasteiger partial charge on any atom is 0.416 e. The number of amides is 1. The number of alkyl halides is 3. The van der Waals surface area contributed by atoms with Crippen molar-refractivity contribution in [2.24, 2.45) is 0 Å². The second-order valence-corrected chi connectivity index (χ2v) is 8.65. The molecule has 0 aliphatic carbocycles. The molecule has 0 bridgehead atoms. The van der Waals surface area contributed by atoms with Crippen LogP contribution < -0.4 is 5.32 Å². The molecule has 0 saturated carbocycles. The second-order valence-electron chi connectivity index (χ2n) is 6.66. The Balaban J connectivity index is 2.09. The minimum Gasteiger partial charge on any atom is -0.359 e. The Bertz CT molecular complexity index is 895. The van der Waals surface area contributed by atoms with Crippen LogP contribution in [0.25, 0.3) is 0 Å². The number of carbonyl (C=O) groups excluding carboxylic acids is 1. The first-order chi connectivity index (χ1) is 11.8. The number of rotatable bonds is 4. The highest BCUT2D eigenvalue weighted by atomic mass is 32.2. The molecule has 2 aromatic rings. The highest BCUT2D eigenvalue weighted by Crippen LogP contribution is 2.30. The van der Waals surface area contributed by atoms with E-state index in [1.807, 2.05) is 20.8 Å². The molecule has 0 unspecified atom stereocenters. The Labute approximate surface area is 148 Å². The van der Waals surface area contributed by atoms with E-state index in [4.69, 9.17) is 4.52 Å². The van der Waals surface area contributed by atoms with E-state index in [-0.39, 0.29) is 16.1 Å². The third kappa shape index (κ3) is 4.84. The number of nitrogens with zero attached hydrogens (tertiary/aromatic N) is 1. The van der Waals surface area contributed by atoms with Gasteiger partial charge in [-0.1, -0.05) is 25.9 Å². The monoisotopic (exact) mass is 390 g/mol. The molecular weight excluding hydrogens is 373 g/mol. The summed E-state index contributed by atoms with van der Waals surface area (Å²) >= 11 is 0. The van der Waals surface area contributed by atoms with Gasteiger partial charge >= 0.3 is 6.18 Å². The fourth-order valence-corrected chi connectivity index (χ4v) is 3.11. The molecule has 0 fully saturated rings. The third-order valence-corrected chi connectivity index (χ3v) is 5.01. The molecular formula is C16H17F3N2O4S. The first-order valence-electron chi connectivity index (χ1n) is 7.46. The van der Waals surface area contributed by atoms with Crippen LogP contribution in [-0.2, 0) is 26.2 Å². The van der Waals surface area contributed by atoms with E-state index in [9.17, 15) is 26.4 Å². The summed E-state index contributed by atoms with van der Waals surface area (Å²) in [4.78, 5) is 11.6. The molecule has 0 saturated heterocycles. The van der Waals surface area contributed by atoms with E-state index in [1.165, 1.54) is 6.07 Å². The molecule has 0 aliphatic rings. The molecule has 1 aromatic heterocycles. The molecule has 1 heterocycles. The Morgan fingerprint density at radius 3 is 2.19 bits per heavy atom. The molecule has 0 aliphatic heterocycles. The zero-order chi connectivity index (χ0) is 19.8. The lowest BCUT2D eigenvalue weighted by molar-refractivity contribution is -0.137. The zero-order valence-corrected chi connectivity index (χ0v) is 15.0. The molecule has 0 radical (unpaired) electrons. The van der Waals surface area contributed by atoms with Crippen molar-refractivity contribution >= 4 is 21.6 Å². The number of hydrogen-bond acceptors (Lipinski definition) is 5. The van der Waals surface area contributed by atoms with Crippen molar-refractivity contribution in [1.82, 2.24) is 5.16 Å². The molecule has 6 nitrogen and oxygen atoms in total. The summed E-state index contributed by atoms with van der Waals surface area (Å²) in [5.41, 5.74) is -1.32. The Kier molecular flexibility index (Phi) is 5.18. The van der Waals surface area contributed by atoms with Gasteiger partial charge in [-0.2, -0.15) is 13.2 Å². The maximum atomic E-state index is 12.5. The van der Waals surface area contributed by atoms with Crippen molar-refractivity contribution in [3.63, 3.8) is 0 Å². The van der Waals surface area contributed by atoms with Crippen LogP contribution in [0.15, 0.2) is 39.8 Å². The van der Waals surface area contributed by atoms with Crippen molar-refractivity contribution in [2.75, 3.05) is 11.1 Å². The summed E-state index contributed by atoms with van der Waals surface area (Å²) in [7, 11) is -4.10. The van der Waals surface area contributed by atoms with Gasteiger partial charge in [0.2, 0.25) is 5.91 Å². The smallest absolute Gasteiger partial charge is 0.359 e. The van der Waals surface area contributed by atoms with Gasteiger partial charge in [-0.3, -0.25) is 4.79 Å². The number of benzene rings is 1. The quantitative estimate of drug-likeness (QED) is 0.864. The molecule has 142 valence electrons. The first-order valence-corrected chi connectivity index (χ1v) is 9.11. The lowest BCUT2D eigenvalue weighted by Gasteiger charge is -2.12. The summed E-state index contributed by atoms with van der Waals surface area (Å²) < 4.78 is 67.0. The molecule has 0 atom stereocenters. The summed E-state index contributed by atoms with van der Waals surface area (Å²) in [6, 6.07) is 4.41. The van der Waals surface area contributed by atoms with Crippen LogP contribution in [0.3, 0.4) is 0 Å². The van der Waals surface area contributed by atoms with E-state index in [0.717, 1.165) is 12.1 Å². The number of anilines is 1.